The Balaban J connectivity index is 1.64. The van der Waals surface area contributed by atoms with Gasteiger partial charge in [-0.3, -0.25) is 15.0 Å². The molecule has 22 heavy (non-hydrogen) atoms. The van der Waals surface area contributed by atoms with Gasteiger partial charge in [-0.2, -0.15) is 0 Å². The molecule has 0 aliphatic carbocycles. The Morgan fingerprint density at radius 3 is 2.86 bits per heavy atom. The summed E-state index contributed by atoms with van der Waals surface area (Å²) in [6.07, 6.45) is 2.97. The average molecular weight is 318 g/mol. The van der Waals surface area contributed by atoms with Crippen LogP contribution >= 0.6 is 11.3 Å². The van der Waals surface area contributed by atoms with Gasteiger partial charge in [0.15, 0.2) is 0 Å². The molecule has 0 atom stereocenters. The molecular formula is C16H15FN2O2S. The predicted molar refractivity (Wildman–Crippen MR) is 85.2 cm³/mol. The molecule has 3 rings (SSSR count). The van der Waals surface area contributed by atoms with Crippen LogP contribution in [0.15, 0.2) is 41.8 Å². The van der Waals surface area contributed by atoms with Crippen molar-refractivity contribution in [3.05, 3.63) is 68.8 Å². The Hall–Kier alpha value is -2.05. The minimum atomic E-state index is -0.355. The summed E-state index contributed by atoms with van der Waals surface area (Å²) in [5, 5.41) is 12.7. The maximum atomic E-state index is 13.3. The van der Waals surface area contributed by atoms with Gasteiger partial charge in [0.2, 0.25) is 0 Å². The molecule has 0 spiro atoms. The lowest BCUT2D eigenvalue weighted by Crippen LogP contribution is -2.27. The number of benzene rings is 1. The van der Waals surface area contributed by atoms with Crippen molar-refractivity contribution in [1.29, 1.82) is 0 Å². The third-order valence-electron chi connectivity index (χ3n) is 3.71. The highest BCUT2D eigenvalue weighted by Crippen LogP contribution is 2.26. The molecule has 0 saturated carbocycles. The van der Waals surface area contributed by atoms with Crippen LogP contribution in [0.25, 0.3) is 5.57 Å². The topological polar surface area (TPSA) is 46.4 Å². The van der Waals surface area contributed by atoms with E-state index in [9.17, 15) is 14.5 Å². The molecule has 0 fully saturated rings. The monoisotopic (exact) mass is 318 g/mol. The third kappa shape index (κ3) is 3.40. The second kappa shape index (κ2) is 6.37. The summed E-state index contributed by atoms with van der Waals surface area (Å²) >= 11 is 1.16. The van der Waals surface area contributed by atoms with E-state index >= 15 is 0 Å². The number of nitro groups is 1. The van der Waals surface area contributed by atoms with Crippen LogP contribution in [-0.2, 0) is 6.54 Å². The van der Waals surface area contributed by atoms with Crippen LogP contribution in [0.3, 0.4) is 0 Å². The number of nitrogens with zero attached hydrogens (tertiary/aromatic N) is 2. The smallest absolute Gasteiger partial charge is 0.295 e. The summed E-state index contributed by atoms with van der Waals surface area (Å²) in [5.74, 6) is -0.216. The van der Waals surface area contributed by atoms with Gasteiger partial charge in [0.1, 0.15) is 5.82 Å². The van der Waals surface area contributed by atoms with E-state index in [0.29, 0.717) is 6.54 Å². The van der Waals surface area contributed by atoms with E-state index < -0.39 is 0 Å². The number of rotatable bonds is 4. The molecule has 0 unspecified atom stereocenters. The number of hydrogen-bond acceptors (Lipinski definition) is 4. The summed E-state index contributed by atoms with van der Waals surface area (Å²) in [4.78, 5) is 12.6. The fraction of sp³-hybridized carbons (Fsp3) is 0.250. The lowest BCUT2D eigenvalue weighted by molar-refractivity contribution is -0.380. The van der Waals surface area contributed by atoms with Gasteiger partial charge in [0.25, 0.3) is 0 Å². The van der Waals surface area contributed by atoms with E-state index in [4.69, 9.17) is 0 Å². The summed E-state index contributed by atoms with van der Waals surface area (Å²) in [7, 11) is 0. The lowest BCUT2D eigenvalue weighted by Gasteiger charge is -2.26. The van der Waals surface area contributed by atoms with Crippen molar-refractivity contribution >= 4 is 21.9 Å². The summed E-state index contributed by atoms with van der Waals surface area (Å²) < 4.78 is 13.3. The van der Waals surface area contributed by atoms with Crippen LogP contribution in [-0.4, -0.2) is 22.9 Å². The maximum Gasteiger partial charge on any atom is 0.324 e. The molecule has 0 N–H and O–H groups in total. The zero-order valence-electron chi connectivity index (χ0n) is 11.9. The normalized spacial score (nSPS) is 15.6. The Kier molecular flexibility index (Phi) is 4.31. The molecule has 2 aromatic rings. The third-order valence-corrected chi connectivity index (χ3v) is 4.64. The van der Waals surface area contributed by atoms with E-state index in [1.807, 2.05) is 11.4 Å². The van der Waals surface area contributed by atoms with Crippen molar-refractivity contribution in [2.24, 2.45) is 0 Å². The molecule has 1 aromatic heterocycles. The van der Waals surface area contributed by atoms with Gasteiger partial charge in [-0.05, 0) is 35.3 Å². The lowest BCUT2D eigenvalue weighted by atomic mass is 9.99. The van der Waals surface area contributed by atoms with Crippen LogP contribution < -0.4 is 0 Å². The molecule has 114 valence electrons. The van der Waals surface area contributed by atoms with Crippen LogP contribution in [0.2, 0.25) is 0 Å². The van der Waals surface area contributed by atoms with E-state index in [1.54, 1.807) is 18.2 Å². The van der Waals surface area contributed by atoms with E-state index in [1.165, 1.54) is 6.07 Å². The molecule has 0 radical (unpaired) electrons. The predicted octanol–water partition coefficient (Wildman–Crippen LogP) is 4.08. The molecule has 0 bridgehead atoms. The zero-order valence-corrected chi connectivity index (χ0v) is 12.7. The quantitative estimate of drug-likeness (QED) is 0.630. The van der Waals surface area contributed by atoms with Gasteiger partial charge >= 0.3 is 5.00 Å². The number of hydrogen-bond donors (Lipinski definition) is 0. The van der Waals surface area contributed by atoms with Gasteiger partial charge in [0.05, 0.1) is 4.92 Å². The highest BCUT2D eigenvalue weighted by Gasteiger charge is 2.16. The molecule has 0 saturated heterocycles. The number of halogens is 1. The molecule has 6 heteroatoms. The van der Waals surface area contributed by atoms with Crippen molar-refractivity contribution < 1.29 is 9.31 Å². The van der Waals surface area contributed by atoms with Crippen LogP contribution in [0.5, 0.6) is 0 Å². The van der Waals surface area contributed by atoms with Gasteiger partial charge in [-0.25, -0.2) is 4.39 Å². The molecule has 2 heterocycles. The first kappa shape index (κ1) is 14.9. The minimum absolute atomic E-state index is 0.183. The highest BCUT2D eigenvalue weighted by atomic mass is 32.1. The Morgan fingerprint density at radius 2 is 2.23 bits per heavy atom. The van der Waals surface area contributed by atoms with Crippen molar-refractivity contribution in [1.82, 2.24) is 4.90 Å². The Bertz CT molecular complexity index is 726. The van der Waals surface area contributed by atoms with E-state index in [0.717, 1.165) is 47.5 Å². The average Bonchev–Trinajstić information content (AvgIpc) is 2.97. The Morgan fingerprint density at radius 1 is 1.36 bits per heavy atom. The standard InChI is InChI=1S/C16H15FN2O2S/c17-15-3-1-2-14(9-15)13-4-6-18(7-5-13)10-12-8-16(19(20)21)22-11-12/h1-4,8-9,11H,5-7,10H2. The second-order valence-corrected chi connectivity index (χ2v) is 6.16. The van der Waals surface area contributed by atoms with Crippen molar-refractivity contribution in [2.75, 3.05) is 13.1 Å². The molecule has 0 amide bonds. The molecular weight excluding hydrogens is 303 g/mol. The second-order valence-electron chi connectivity index (χ2n) is 5.28. The minimum Gasteiger partial charge on any atom is -0.295 e. The first-order valence-corrected chi connectivity index (χ1v) is 7.89. The van der Waals surface area contributed by atoms with Crippen LogP contribution in [0.4, 0.5) is 9.39 Å². The first-order chi connectivity index (χ1) is 10.6. The van der Waals surface area contributed by atoms with Gasteiger partial charge in [0, 0.05) is 31.1 Å². The van der Waals surface area contributed by atoms with Gasteiger partial charge < -0.3 is 0 Å². The zero-order chi connectivity index (χ0) is 15.5. The molecule has 1 aliphatic rings. The largest absolute Gasteiger partial charge is 0.324 e. The Labute approximate surface area is 131 Å². The molecule has 1 aliphatic heterocycles. The fourth-order valence-electron chi connectivity index (χ4n) is 2.60. The van der Waals surface area contributed by atoms with Crippen molar-refractivity contribution in [3.8, 4) is 0 Å². The summed E-state index contributed by atoms with van der Waals surface area (Å²) in [6, 6.07) is 8.29. The molecule has 4 nitrogen and oxygen atoms in total. The van der Waals surface area contributed by atoms with Crippen LogP contribution in [0, 0.1) is 15.9 Å². The fourth-order valence-corrected chi connectivity index (χ4v) is 3.32. The van der Waals surface area contributed by atoms with Crippen molar-refractivity contribution in [3.63, 3.8) is 0 Å². The van der Waals surface area contributed by atoms with Crippen molar-refractivity contribution in [2.45, 2.75) is 13.0 Å². The van der Waals surface area contributed by atoms with E-state index in [-0.39, 0.29) is 15.7 Å². The SMILES string of the molecule is O=[N+]([O-])c1cc(CN2CC=C(c3cccc(F)c3)CC2)cs1. The number of thiophene rings is 1. The highest BCUT2D eigenvalue weighted by molar-refractivity contribution is 7.13. The first-order valence-electron chi connectivity index (χ1n) is 7.01. The van der Waals surface area contributed by atoms with Gasteiger partial charge in [-0.15, -0.1) is 0 Å². The molecule has 1 aromatic carbocycles. The van der Waals surface area contributed by atoms with Crippen LogP contribution in [0.1, 0.15) is 17.5 Å². The van der Waals surface area contributed by atoms with E-state index in [2.05, 4.69) is 11.0 Å². The summed E-state index contributed by atoms with van der Waals surface area (Å²) in [6.45, 7) is 2.35. The summed E-state index contributed by atoms with van der Waals surface area (Å²) in [5.41, 5.74) is 3.07. The maximum absolute atomic E-state index is 13.3. The van der Waals surface area contributed by atoms with Gasteiger partial charge in [-0.1, -0.05) is 29.5 Å².